The lowest BCUT2D eigenvalue weighted by Gasteiger charge is -2.34. The van der Waals surface area contributed by atoms with E-state index in [1.165, 1.54) is 31.2 Å². The Morgan fingerprint density at radius 3 is 2.11 bits per heavy atom. The SMILES string of the molecule is CCOC(=O)[C@](Cc1ccccc1)(NC(=O)c1ccc(F)cc1)C(F)(F)F. The Labute approximate surface area is 153 Å². The monoisotopic (exact) mass is 383 g/mol. The number of halogens is 4. The van der Waals surface area contributed by atoms with E-state index in [1.54, 1.807) is 11.4 Å². The van der Waals surface area contributed by atoms with E-state index in [2.05, 4.69) is 4.74 Å². The molecule has 0 unspecified atom stereocenters. The van der Waals surface area contributed by atoms with E-state index in [4.69, 9.17) is 0 Å². The lowest BCUT2D eigenvalue weighted by atomic mass is 9.89. The third-order valence-corrected chi connectivity index (χ3v) is 3.85. The minimum atomic E-state index is -5.13. The molecule has 1 atom stereocenters. The van der Waals surface area contributed by atoms with E-state index < -0.39 is 35.8 Å². The Balaban J connectivity index is 2.47. The molecule has 0 saturated heterocycles. The molecule has 4 nitrogen and oxygen atoms in total. The highest BCUT2D eigenvalue weighted by atomic mass is 19.4. The van der Waals surface area contributed by atoms with Crippen molar-refractivity contribution >= 4 is 11.9 Å². The summed E-state index contributed by atoms with van der Waals surface area (Å²) in [5.74, 6) is -3.43. The van der Waals surface area contributed by atoms with Crippen LogP contribution in [0.5, 0.6) is 0 Å². The van der Waals surface area contributed by atoms with Crippen molar-refractivity contribution in [2.75, 3.05) is 6.61 Å². The van der Waals surface area contributed by atoms with E-state index in [0.717, 1.165) is 24.3 Å². The number of rotatable bonds is 6. The van der Waals surface area contributed by atoms with Gasteiger partial charge in [-0.25, -0.2) is 9.18 Å². The summed E-state index contributed by atoms with van der Waals surface area (Å²) in [5.41, 5.74) is -3.32. The van der Waals surface area contributed by atoms with Gasteiger partial charge >= 0.3 is 12.1 Å². The zero-order valence-corrected chi connectivity index (χ0v) is 14.3. The molecule has 0 spiro atoms. The summed E-state index contributed by atoms with van der Waals surface area (Å²) < 4.78 is 59.6. The Bertz CT molecular complexity index is 791. The van der Waals surface area contributed by atoms with Crippen molar-refractivity contribution in [2.45, 2.75) is 25.1 Å². The smallest absolute Gasteiger partial charge is 0.422 e. The molecule has 144 valence electrons. The molecule has 0 heterocycles. The molecule has 1 amide bonds. The van der Waals surface area contributed by atoms with Crippen LogP contribution >= 0.6 is 0 Å². The van der Waals surface area contributed by atoms with Crippen LogP contribution in [-0.4, -0.2) is 30.2 Å². The topological polar surface area (TPSA) is 55.4 Å². The second-order valence-corrected chi connectivity index (χ2v) is 5.75. The highest BCUT2D eigenvalue weighted by Crippen LogP contribution is 2.35. The molecule has 2 rings (SSSR count). The van der Waals surface area contributed by atoms with Crippen LogP contribution in [0.1, 0.15) is 22.8 Å². The highest BCUT2D eigenvalue weighted by molar-refractivity contribution is 5.98. The number of alkyl halides is 3. The largest absolute Gasteiger partial charge is 0.464 e. The van der Waals surface area contributed by atoms with Gasteiger partial charge in [-0.2, -0.15) is 13.2 Å². The van der Waals surface area contributed by atoms with Gasteiger partial charge in [0.15, 0.2) is 0 Å². The molecular formula is C19H17F4NO3. The molecular weight excluding hydrogens is 366 g/mol. The standard InChI is InChI=1S/C19H17F4NO3/c1-2-27-17(26)18(19(21,22)23,12-13-6-4-3-5-7-13)24-16(25)14-8-10-15(20)11-9-14/h3-11H,2,12H2,1H3,(H,24,25)/t18-/m0/s1. The fourth-order valence-electron chi connectivity index (χ4n) is 2.48. The van der Waals surface area contributed by atoms with Gasteiger partial charge in [0.25, 0.3) is 5.91 Å². The minimum absolute atomic E-state index is 0.183. The number of benzene rings is 2. The first kappa shape index (κ1) is 20.4. The van der Waals surface area contributed by atoms with Crippen molar-refractivity contribution in [3.63, 3.8) is 0 Å². The maximum Gasteiger partial charge on any atom is 0.422 e. The first-order valence-corrected chi connectivity index (χ1v) is 8.05. The lowest BCUT2D eigenvalue weighted by molar-refractivity contribution is -0.211. The first-order chi connectivity index (χ1) is 12.7. The summed E-state index contributed by atoms with van der Waals surface area (Å²) in [6.45, 7) is 1.07. The number of amides is 1. The highest BCUT2D eigenvalue weighted by Gasteiger charge is 2.62. The third kappa shape index (κ3) is 4.64. The second kappa shape index (κ2) is 8.20. The number of hydrogen-bond acceptors (Lipinski definition) is 3. The Hall–Kier alpha value is -2.90. The number of carbonyl (C=O) groups is 2. The molecule has 0 fully saturated rings. The van der Waals surface area contributed by atoms with E-state index in [9.17, 15) is 27.2 Å². The predicted molar refractivity (Wildman–Crippen MR) is 89.4 cm³/mol. The molecule has 0 radical (unpaired) electrons. The number of hydrogen-bond donors (Lipinski definition) is 1. The maximum absolute atomic E-state index is 14.0. The van der Waals surface area contributed by atoms with Gasteiger partial charge in [0.1, 0.15) is 5.82 Å². The van der Waals surface area contributed by atoms with Crippen molar-refractivity contribution in [1.82, 2.24) is 5.32 Å². The normalized spacial score (nSPS) is 13.5. The van der Waals surface area contributed by atoms with Gasteiger partial charge in [-0.05, 0) is 36.8 Å². The average molecular weight is 383 g/mol. The van der Waals surface area contributed by atoms with Crippen LogP contribution in [0.2, 0.25) is 0 Å². The van der Waals surface area contributed by atoms with Crippen LogP contribution in [-0.2, 0) is 16.0 Å². The molecule has 0 saturated carbocycles. The summed E-state index contributed by atoms with van der Waals surface area (Å²) in [7, 11) is 0. The molecule has 2 aromatic rings. The van der Waals surface area contributed by atoms with Gasteiger partial charge < -0.3 is 10.1 Å². The van der Waals surface area contributed by atoms with Gasteiger partial charge in [0, 0.05) is 12.0 Å². The first-order valence-electron chi connectivity index (χ1n) is 8.05. The van der Waals surface area contributed by atoms with Crippen molar-refractivity contribution in [2.24, 2.45) is 0 Å². The van der Waals surface area contributed by atoms with Crippen LogP contribution in [0.25, 0.3) is 0 Å². The van der Waals surface area contributed by atoms with Gasteiger partial charge in [0.05, 0.1) is 6.61 Å². The predicted octanol–water partition coefficient (Wildman–Crippen LogP) is 3.66. The number of carbonyl (C=O) groups excluding carboxylic acids is 2. The number of ether oxygens (including phenoxy) is 1. The van der Waals surface area contributed by atoms with Crippen molar-refractivity contribution in [3.8, 4) is 0 Å². The summed E-state index contributed by atoms with van der Waals surface area (Å²) >= 11 is 0. The zero-order valence-electron chi connectivity index (χ0n) is 14.3. The van der Waals surface area contributed by atoms with Crippen molar-refractivity contribution in [3.05, 3.63) is 71.5 Å². The van der Waals surface area contributed by atoms with Crippen LogP contribution in [0, 0.1) is 5.82 Å². The van der Waals surface area contributed by atoms with Gasteiger partial charge in [-0.1, -0.05) is 30.3 Å². The van der Waals surface area contributed by atoms with Gasteiger partial charge in [0.2, 0.25) is 5.54 Å². The summed E-state index contributed by atoms with van der Waals surface area (Å²) in [6.07, 6.45) is -5.98. The number of esters is 1. The molecule has 0 aromatic heterocycles. The molecule has 2 aromatic carbocycles. The van der Waals surface area contributed by atoms with E-state index >= 15 is 0 Å². The molecule has 8 heteroatoms. The van der Waals surface area contributed by atoms with Gasteiger partial charge in [-0.15, -0.1) is 0 Å². The van der Waals surface area contributed by atoms with Crippen molar-refractivity contribution < 1.29 is 31.9 Å². The molecule has 0 aliphatic carbocycles. The molecule has 0 aliphatic heterocycles. The van der Waals surface area contributed by atoms with Crippen LogP contribution in [0.15, 0.2) is 54.6 Å². The second-order valence-electron chi connectivity index (χ2n) is 5.75. The summed E-state index contributed by atoms with van der Waals surface area (Å²) in [5, 5.41) is 1.78. The Morgan fingerprint density at radius 2 is 1.59 bits per heavy atom. The summed E-state index contributed by atoms with van der Waals surface area (Å²) in [6, 6.07) is 11.4. The van der Waals surface area contributed by atoms with Crippen LogP contribution in [0.3, 0.4) is 0 Å². The van der Waals surface area contributed by atoms with E-state index in [-0.39, 0.29) is 17.7 Å². The molecule has 1 N–H and O–H groups in total. The molecule has 27 heavy (non-hydrogen) atoms. The van der Waals surface area contributed by atoms with Gasteiger partial charge in [-0.3, -0.25) is 4.79 Å². The van der Waals surface area contributed by atoms with Crippen LogP contribution in [0.4, 0.5) is 17.6 Å². The Morgan fingerprint density at radius 1 is 1.00 bits per heavy atom. The average Bonchev–Trinajstić information content (AvgIpc) is 2.61. The quantitative estimate of drug-likeness (QED) is 0.612. The zero-order chi connectivity index (χ0) is 20.1. The molecule has 0 aliphatic rings. The van der Waals surface area contributed by atoms with Crippen LogP contribution < -0.4 is 5.32 Å². The van der Waals surface area contributed by atoms with E-state index in [0.29, 0.717) is 0 Å². The Kier molecular flexibility index (Phi) is 6.20. The number of nitrogens with one attached hydrogen (secondary N) is 1. The lowest BCUT2D eigenvalue weighted by Crippen LogP contribution is -2.66. The maximum atomic E-state index is 14.0. The minimum Gasteiger partial charge on any atom is -0.464 e. The van der Waals surface area contributed by atoms with E-state index in [1.807, 2.05) is 0 Å². The summed E-state index contributed by atoms with van der Waals surface area (Å²) in [4.78, 5) is 24.7. The third-order valence-electron chi connectivity index (χ3n) is 3.85. The van der Waals surface area contributed by atoms with Crippen molar-refractivity contribution in [1.29, 1.82) is 0 Å². The molecule has 0 bridgehead atoms. The fourth-order valence-corrected chi connectivity index (χ4v) is 2.48. The fraction of sp³-hybridized carbons (Fsp3) is 0.263.